The topological polar surface area (TPSA) is 84.5 Å². The number of carbonyl (C=O) groups is 3. The van der Waals surface area contributed by atoms with Crippen LogP contribution in [0, 0.1) is 0 Å². The van der Waals surface area contributed by atoms with Gasteiger partial charge < -0.3 is 15.4 Å². The third kappa shape index (κ3) is 5.94. The van der Waals surface area contributed by atoms with Gasteiger partial charge in [-0.05, 0) is 49.6 Å². The monoisotopic (exact) mass is 382 g/mol. The number of aryl methyl sites for hydroxylation is 1. The maximum Gasteiger partial charge on any atom is 0.258 e. The normalized spacial score (nSPS) is 11.4. The predicted octanol–water partition coefficient (Wildman–Crippen LogP) is 3.67. The Labute approximate surface area is 165 Å². The van der Waals surface area contributed by atoms with Crippen molar-refractivity contribution in [2.24, 2.45) is 0 Å². The predicted molar refractivity (Wildman–Crippen MR) is 109 cm³/mol. The standard InChI is InChI=1S/C22H26N2O4/c1-5-17-6-8-18(9-7-17)14(2)23-22(27)13-28-21-12-19(15(3)25)10-11-20(21)24-16(4)26/h6-12,14H,5,13H2,1-4H3,(H,23,27)(H,24,26). The zero-order chi connectivity index (χ0) is 20.7. The lowest BCUT2D eigenvalue weighted by atomic mass is 10.1. The molecule has 1 unspecified atom stereocenters. The Morgan fingerprint density at radius 3 is 2.29 bits per heavy atom. The molecule has 0 aliphatic carbocycles. The van der Waals surface area contributed by atoms with E-state index in [-0.39, 0.29) is 36.0 Å². The summed E-state index contributed by atoms with van der Waals surface area (Å²) in [6.45, 7) is 6.58. The van der Waals surface area contributed by atoms with Gasteiger partial charge >= 0.3 is 0 Å². The molecular weight excluding hydrogens is 356 g/mol. The van der Waals surface area contributed by atoms with E-state index >= 15 is 0 Å². The summed E-state index contributed by atoms with van der Waals surface area (Å²) in [5.41, 5.74) is 3.09. The zero-order valence-corrected chi connectivity index (χ0v) is 16.7. The minimum atomic E-state index is -0.297. The highest BCUT2D eigenvalue weighted by Gasteiger charge is 2.13. The third-order valence-electron chi connectivity index (χ3n) is 4.32. The Morgan fingerprint density at radius 1 is 1.04 bits per heavy atom. The first kappa shape index (κ1) is 21.2. The van der Waals surface area contributed by atoms with Crippen molar-refractivity contribution in [3.05, 3.63) is 59.2 Å². The number of rotatable bonds is 8. The van der Waals surface area contributed by atoms with E-state index in [1.165, 1.54) is 25.5 Å². The second-order valence-corrected chi connectivity index (χ2v) is 6.62. The fourth-order valence-corrected chi connectivity index (χ4v) is 2.71. The number of Topliss-reactive ketones (excluding diaryl/α,β-unsaturated/α-hetero) is 1. The van der Waals surface area contributed by atoms with Crippen LogP contribution in [0.15, 0.2) is 42.5 Å². The van der Waals surface area contributed by atoms with Crippen LogP contribution in [0.5, 0.6) is 5.75 Å². The van der Waals surface area contributed by atoms with Crippen molar-refractivity contribution in [2.75, 3.05) is 11.9 Å². The van der Waals surface area contributed by atoms with E-state index in [1.54, 1.807) is 12.1 Å². The maximum atomic E-state index is 12.3. The van der Waals surface area contributed by atoms with Gasteiger partial charge in [-0.1, -0.05) is 31.2 Å². The maximum absolute atomic E-state index is 12.3. The Hall–Kier alpha value is -3.15. The Kier molecular flexibility index (Phi) is 7.32. The Morgan fingerprint density at radius 2 is 1.71 bits per heavy atom. The van der Waals surface area contributed by atoms with Gasteiger partial charge in [-0.2, -0.15) is 0 Å². The third-order valence-corrected chi connectivity index (χ3v) is 4.32. The van der Waals surface area contributed by atoms with Crippen molar-refractivity contribution in [3.8, 4) is 5.75 Å². The number of nitrogens with one attached hydrogen (secondary N) is 2. The van der Waals surface area contributed by atoms with Gasteiger partial charge in [0.25, 0.3) is 5.91 Å². The molecule has 0 saturated heterocycles. The molecule has 0 aliphatic rings. The van der Waals surface area contributed by atoms with E-state index in [9.17, 15) is 14.4 Å². The smallest absolute Gasteiger partial charge is 0.258 e. The molecule has 148 valence electrons. The number of benzene rings is 2. The molecule has 0 spiro atoms. The van der Waals surface area contributed by atoms with E-state index in [4.69, 9.17) is 4.74 Å². The summed E-state index contributed by atoms with van der Waals surface area (Å²) in [5, 5.41) is 5.52. The number of anilines is 1. The van der Waals surface area contributed by atoms with Crippen LogP contribution < -0.4 is 15.4 Å². The summed E-state index contributed by atoms with van der Waals surface area (Å²) >= 11 is 0. The van der Waals surface area contributed by atoms with E-state index in [0.717, 1.165) is 12.0 Å². The average Bonchev–Trinajstić information content (AvgIpc) is 2.66. The molecular formula is C22H26N2O4. The van der Waals surface area contributed by atoms with Crippen LogP contribution in [0.25, 0.3) is 0 Å². The molecule has 2 aromatic rings. The molecule has 0 heterocycles. The van der Waals surface area contributed by atoms with E-state index in [1.807, 2.05) is 31.2 Å². The Bertz CT molecular complexity index is 859. The molecule has 0 fully saturated rings. The largest absolute Gasteiger partial charge is 0.482 e. The minimum absolute atomic E-state index is 0.132. The summed E-state index contributed by atoms with van der Waals surface area (Å²) in [6, 6.07) is 12.6. The van der Waals surface area contributed by atoms with Gasteiger partial charge in [-0.25, -0.2) is 0 Å². The van der Waals surface area contributed by atoms with Gasteiger partial charge in [0, 0.05) is 12.5 Å². The second kappa shape index (κ2) is 9.69. The van der Waals surface area contributed by atoms with Gasteiger partial charge in [0.05, 0.1) is 11.7 Å². The summed E-state index contributed by atoms with van der Waals surface area (Å²) in [7, 11) is 0. The van der Waals surface area contributed by atoms with Crippen molar-refractivity contribution < 1.29 is 19.1 Å². The highest BCUT2D eigenvalue weighted by Crippen LogP contribution is 2.26. The molecule has 0 aromatic heterocycles. The van der Waals surface area contributed by atoms with Crippen LogP contribution in [-0.2, 0) is 16.0 Å². The lowest BCUT2D eigenvalue weighted by molar-refractivity contribution is -0.123. The van der Waals surface area contributed by atoms with E-state index in [0.29, 0.717) is 11.3 Å². The molecule has 1 atom stereocenters. The lowest BCUT2D eigenvalue weighted by Gasteiger charge is -2.16. The molecule has 0 saturated carbocycles. The number of hydrogen-bond acceptors (Lipinski definition) is 4. The zero-order valence-electron chi connectivity index (χ0n) is 16.7. The molecule has 2 aromatic carbocycles. The van der Waals surface area contributed by atoms with Gasteiger partial charge in [0.15, 0.2) is 12.4 Å². The second-order valence-electron chi connectivity index (χ2n) is 6.62. The summed E-state index contributed by atoms with van der Waals surface area (Å²) in [4.78, 5) is 35.2. The molecule has 0 radical (unpaired) electrons. The first-order valence-corrected chi connectivity index (χ1v) is 9.23. The first-order valence-electron chi connectivity index (χ1n) is 9.23. The fraction of sp³-hybridized carbons (Fsp3) is 0.318. The Balaban J connectivity index is 2.03. The highest BCUT2D eigenvalue weighted by atomic mass is 16.5. The van der Waals surface area contributed by atoms with Crippen molar-refractivity contribution in [1.82, 2.24) is 5.32 Å². The van der Waals surface area contributed by atoms with Crippen LogP contribution in [0.2, 0.25) is 0 Å². The molecule has 6 nitrogen and oxygen atoms in total. The van der Waals surface area contributed by atoms with Crippen molar-refractivity contribution in [2.45, 2.75) is 40.2 Å². The summed E-state index contributed by atoms with van der Waals surface area (Å²) < 4.78 is 5.58. The first-order chi connectivity index (χ1) is 13.3. The summed E-state index contributed by atoms with van der Waals surface area (Å²) in [6.07, 6.45) is 0.963. The molecule has 0 bridgehead atoms. The van der Waals surface area contributed by atoms with Crippen LogP contribution in [0.3, 0.4) is 0 Å². The number of amides is 2. The number of ketones is 1. The molecule has 0 aliphatic heterocycles. The van der Waals surface area contributed by atoms with Gasteiger partial charge in [-0.15, -0.1) is 0 Å². The average molecular weight is 382 g/mol. The van der Waals surface area contributed by atoms with Crippen molar-refractivity contribution in [1.29, 1.82) is 0 Å². The summed E-state index contributed by atoms with van der Waals surface area (Å²) in [5.74, 6) is -0.422. The lowest BCUT2D eigenvalue weighted by Crippen LogP contribution is -2.31. The van der Waals surface area contributed by atoms with Crippen molar-refractivity contribution >= 4 is 23.3 Å². The molecule has 2 N–H and O–H groups in total. The van der Waals surface area contributed by atoms with Gasteiger partial charge in [-0.3, -0.25) is 14.4 Å². The van der Waals surface area contributed by atoms with Crippen LogP contribution in [0.4, 0.5) is 5.69 Å². The quantitative estimate of drug-likeness (QED) is 0.682. The van der Waals surface area contributed by atoms with Crippen LogP contribution in [-0.4, -0.2) is 24.2 Å². The van der Waals surface area contributed by atoms with Gasteiger partial charge in [0.1, 0.15) is 5.75 Å². The number of hydrogen-bond donors (Lipinski definition) is 2. The van der Waals surface area contributed by atoms with Gasteiger partial charge in [0.2, 0.25) is 5.91 Å². The fourth-order valence-electron chi connectivity index (χ4n) is 2.71. The van der Waals surface area contributed by atoms with Crippen molar-refractivity contribution in [3.63, 3.8) is 0 Å². The van der Waals surface area contributed by atoms with E-state index in [2.05, 4.69) is 17.6 Å². The minimum Gasteiger partial charge on any atom is -0.482 e. The number of carbonyl (C=O) groups excluding carboxylic acids is 3. The molecule has 2 rings (SSSR count). The number of ether oxygens (including phenoxy) is 1. The molecule has 28 heavy (non-hydrogen) atoms. The van der Waals surface area contributed by atoms with Crippen LogP contribution >= 0.6 is 0 Å². The molecule has 6 heteroatoms. The highest BCUT2D eigenvalue weighted by molar-refractivity contribution is 5.96. The molecule has 2 amide bonds. The van der Waals surface area contributed by atoms with Crippen LogP contribution in [0.1, 0.15) is 55.2 Å². The van der Waals surface area contributed by atoms with E-state index < -0.39 is 0 Å². The SMILES string of the molecule is CCc1ccc(C(C)NC(=O)COc2cc(C(C)=O)ccc2NC(C)=O)cc1.